The molecule has 2 nitrogen and oxygen atoms in total. The normalized spacial score (nSPS) is 21.2. The van der Waals surface area contributed by atoms with Gasteiger partial charge in [0.1, 0.15) is 0 Å². The summed E-state index contributed by atoms with van der Waals surface area (Å²) in [7, 11) is 2.22. The Labute approximate surface area is 104 Å². The molecule has 1 aliphatic heterocycles. The van der Waals surface area contributed by atoms with Crippen LogP contribution in [-0.4, -0.2) is 19.1 Å². The Morgan fingerprint density at radius 2 is 2.18 bits per heavy atom. The second-order valence-electron chi connectivity index (χ2n) is 5.81. The molecule has 0 aromatic heterocycles. The van der Waals surface area contributed by atoms with Gasteiger partial charge in [-0.1, -0.05) is 18.2 Å². The molecule has 0 bridgehead atoms. The van der Waals surface area contributed by atoms with Crippen molar-refractivity contribution in [2.24, 2.45) is 5.73 Å². The third-order valence-electron chi connectivity index (χ3n) is 4.31. The second-order valence-corrected chi connectivity index (χ2v) is 5.81. The standard InChI is InChI=1S/C15H22N2/c1-17-11-3-6-12-4-2-5-13(14(12)17)7-8-15(16)9-10-15/h2,4-5H,3,6-11,16H2,1H3. The lowest BCUT2D eigenvalue weighted by Crippen LogP contribution is -2.27. The highest BCUT2D eigenvalue weighted by atomic mass is 15.1. The predicted octanol–water partition coefficient (Wildman–Crippen LogP) is 2.49. The fourth-order valence-corrected chi connectivity index (χ4v) is 2.95. The van der Waals surface area contributed by atoms with E-state index in [9.17, 15) is 0 Å². The van der Waals surface area contributed by atoms with Crippen LogP contribution >= 0.6 is 0 Å². The van der Waals surface area contributed by atoms with Crippen molar-refractivity contribution in [2.75, 3.05) is 18.5 Å². The van der Waals surface area contributed by atoms with E-state index < -0.39 is 0 Å². The molecule has 2 heteroatoms. The SMILES string of the molecule is CN1CCCc2cccc(CCC3(N)CC3)c21. The van der Waals surface area contributed by atoms with E-state index in [2.05, 4.69) is 30.1 Å². The number of hydrogen-bond donors (Lipinski definition) is 1. The smallest absolute Gasteiger partial charge is 0.0428 e. The van der Waals surface area contributed by atoms with Crippen molar-refractivity contribution >= 4 is 5.69 Å². The van der Waals surface area contributed by atoms with Crippen LogP contribution in [-0.2, 0) is 12.8 Å². The van der Waals surface area contributed by atoms with Gasteiger partial charge in [-0.15, -0.1) is 0 Å². The van der Waals surface area contributed by atoms with Gasteiger partial charge in [0.05, 0.1) is 0 Å². The quantitative estimate of drug-likeness (QED) is 0.864. The summed E-state index contributed by atoms with van der Waals surface area (Å²) in [5.41, 5.74) is 10.9. The van der Waals surface area contributed by atoms with Crippen molar-refractivity contribution < 1.29 is 0 Å². The Kier molecular flexibility index (Phi) is 2.62. The highest BCUT2D eigenvalue weighted by Gasteiger charge is 2.37. The lowest BCUT2D eigenvalue weighted by molar-refractivity contribution is 0.607. The summed E-state index contributed by atoms with van der Waals surface area (Å²) >= 11 is 0. The number of nitrogens with two attached hydrogens (primary N) is 1. The van der Waals surface area contributed by atoms with E-state index in [0.717, 1.165) is 12.8 Å². The molecule has 0 saturated heterocycles. The minimum Gasteiger partial charge on any atom is -0.374 e. The highest BCUT2D eigenvalue weighted by Crippen LogP contribution is 2.38. The minimum absolute atomic E-state index is 0.177. The van der Waals surface area contributed by atoms with Crippen LogP contribution < -0.4 is 10.6 Å². The number of nitrogens with zero attached hydrogens (tertiary/aromatic N) is 1. The fraction of sp³-hybridized carbons (Fsp3) is 0.600. The molecule has 2 aliphatic rings. The van der Waals surface area contributed by atoms with Gasteiger partial charge < -0.3 is 10.6 Å². The molecule has 3 rings (SSSR count). The summed E-state index contributed by atoms with van der Waals surface area (Å²) in [5.74, 6) is 0. The van der Waals surface area contributed by atoms with E-state index in [4.69, 9.17) is 5.73 Å². The lowest BCUT2D eigenvalue weighted by Gasteiger charge is -2.30. The van der Waals surface area contributed by atoms with E-state index in [-0.39, 0.29) is 5.54 Å². The Morgan fingerprint density at radius 1 is 1.35 bits per heavy atom. The van der Waals surface area contributed by atoms with Crippen molar-refractivity contribution in [1.82, 2.24) is 0 Å². The van der Waals surface area contributed by atoms with Crippen LogP contribution in [0.25, 0.3) is 0 Å². The van der Waals surface area contributed by atoms with Crippen LogP contribution in [0.15, 0.2) is 18.2 Å². The molecule has 0 amide bonds. The zero-order chi connectivity index (χ0) is 11.9. The van der Waals surface area contributed by atoms with E-state index >= 15 is 0 Å². The number of hydrogen-bond acceptors (Lipinski definition) is 2. The molecule has 1 aliphatic carbocycles. The van der Waals surface area contributed by atoms with Crippen LogP contribution in [0.1, 0.15) is 36.8 Å². The van der Waals surface area contributed by atoms with Crippen LogP contribution in [0.5, 0.6) is 0 Å². The summed E-state index contributed by atoms with van der Waals surface area (Å²) in [6, 6.07) is 6.78. The first-order chi connectivity index (χ1) is 8.18. The zero-order valence-corrected chi connectivity index (χ0v) is 10.7. The predicted molar refractivity (Wildman–Crippen MR) is 72.5 cm³/mol. The van der Waals surface area contributed by atoms with Crippen LogP contribution in [0.4, 0.5) is 5.69 Å². The summed E-state index contributed by atoms with van der Waals surface area (Å²) in [5, 5.41) is 0. The maximum atomic E-state index is 6.19. The van der Waals surface area contributed by atoms with E-state index in [1.165, 1.54) is 49.0 Å². The average Bonchev–Trinajstić information content (AvgIpc) is 3.06. The van der Waals surface area contributed by atoms with Crippen molar-refractivity contribution in [3.63, 3.8) is 0 Å². The molecule has 1 heterocycles. The van der Waals surface area contributed by atoms with Gasteiger partial charge >= 0.3 is 0 Å². The molecule has 17 heavy (non-hydrogen) atoms. The Morgan fingerprint density at radius 3 is 2.94 bits per heavy atom. The van der Waals surface area contributed by atoms with Gasteiger partial charge in [0, 0.05) is 24.8 Å². The van der Waals surface area contributed by atoms with Crippen LogP contribution in [0.3, 0.4) is 0 Å². The van der Waals surface area contributed by atoms with Gasteiger partial charge in [0.25, 0.3) is 0 Å². The summed E-state index contributed by atoms with van der Waals surface area (Å²) in [6.07, 6.45) is 7.26. The molecule has 92 valence electrons. The van der Waals surface area contributed by atoms with E-state index in [1.807, 2.05) is 0 Å². The number of para-hydroxylation sites is 1. The summed E-state index contributed by atoms with van der Waals surface area (Å²) in [6.45, 7) is 1.19. The third-order valence-corrected chi connectivity index (χ3v) is 4.31. The number of benzene rings is 1. The highest BCUT2D eigenvalue weighted by molar-refractivity contribution is 5.61. The first kappa shape index (κ1) is 11.1. The number of aryl methyl sites for hydroxylation is 2. The number of rotatable bonds is 3. The minimum atomic E-state index is 0.177. The maximum Gasteiger partial charge on any atom is 0.0428 e. The van der Waals surface area contributed by atoms with E-state index in [1.54, 1.807) is 0 Å². The zero-order valence-electron chi connectivity index (χ0n) is 10.7. The topological polar surface area (TPSA) is 29.3 Å². The van der Waals surface area contributed by atoms with Crippen molar-refractivity contribution in [1.29, 1.82) is 0 Å². The van der Waals surface area contributed by atoms with Gasteiger partial charge in [0.15, 0.2) is 0 Å². The third kappa shape index (κ3) is 2.19. The Hall–Kier alpha value is -1.02. The maximum absolute atomic E-state index is 6.19. The summed E-state index contributed by atoms with van der Waals surface area (Å²) < 4.78 is 0. The monoisotopic (exact) mass is 230 g/mol. The van der Waals surface area contributed by atoms with Gasteiger partial charge in [0.2, 0.25) is 0 Å². The van der Waals surface area contributed by atoms with Crippen LogP contribution in [0, 0.1) is 0 Å². The molecule has 1 aromatic rings. The Balaban J connectivity index is 1.83. The second kappa shape index (κ2) is 4.02. The number of anilines is 1. The first-order valence-corrected chi connectivity index (χ1v) is 6.79. The Bertz CT molecular complexity index is 421. The van der Waals surface area contributed by atoms with E-state index in [0.29, 0.717) is 0 Å². The molecule has 0 unspecified atom stereocenters. The van der Waals surface area contributed by atoms with Gasteiger partial charge in [-0.3, -0.25) is 0 Å². The van der Waals surface area contributed by atoms with Gasteiger partial charge in [-0.2, -0.15) is 0 Å². The molecular formula is C15H22N2. The van der Waals surface area contributed by atoms with Gasteiger partial charge in [-0.05, 0) is 49.7 Å². The summed E-state index contributed by atoms with van der Waals surface area (Å²) in [4.78, 5) is 2.42. The molecule has 0 atom stereocenters. The van der Waals surface area contributed by atoms with Gasteiger partial charge in [-0.25, -0.2) is 0 Å². The van der Waals surface area contributed by atoms with Crippen molar-refractivity contribution in [3.8, 4) is 0 Å². The molecule has 0 spiro atoms. The van der Waals surface area contributed by atoms with Crippen molar-refractivity contribution in [3.05, 3.63) is 29.3 Å². The average molecular weight is 230 g/mol. The molecule has 2 N–H and O–H groups in total. The molecule has 1 aromatic carbocycles. The van der Waals surface area contributed by atoms with Crippen LogP contribution in [0.2, 0.25) is 0 Å². The lowest BCUT2D eigenvalue weighted by atomic mass is 9.94. The molecule has 1 saturated carbocycles. The van der Waals surface area contributed by atoms with Crippen molar-refractivity contribution in [2.45, 2.75) is 44.1 Å². The molecule has 1 fully saturated rings. The molecular weight excluding hydrogens is 208 g/mol. The largest absolute Gasteiger partial charge is 0.374 e. The fourth-order valence-electron chi connectivity index (χ4n) is 2.95. The number of fused-ring (bicyclic) bond motifs is 1. The first-order valence-electron chi connectivity index (χ1n) is 6.79. The molecule has 0 radical (unpaired) electrons.